The van der Waals surface area contributed by atoms with Gasteiger partial charge in [-0.05, 0) is 41.0 Å². The molecule has 0 unspecified atom stereocenters. The number of hydrogen-bond acceptors (Lipinski definition) is 2. The van der Waals surface area contributed by atoms with Crippen LogP contribution in [0.25, 0.3) is 10.8 Å². The minimum Gasteiger partial charge on any atom is -0.267 e. The molecule has 108 valence electrons. The first-order chi connectivity index (χ1) is 10.7. The molecular weight excluding hydrogens is 272 g/mol. The van der Waals surface area contributed by atoms with Gasteiger partial charge in [-0.1, -0.05) is 54.6 Å². The van der Waals surface area contributed by atoms with Crippen LogP contribution < -0.4 is 5.43 Å². The lowest BCUT2D eigenvalue weighted by atomic mass is 10.1. The monoisotopic (exact) mass is 288 g/mol. The van der Waals surface area contributed by atoms with E-state index < -0.39 is 0 Å². The lowest BCUT2D eigenvalue weighted by Gasteiger charge is -2.03. The van der Waals surface area contributed by atoms with Gasteiger partial charge in [0.15, 0.2) is 0 Å². The molecule has 0 atom stereocenters. The van der Waals surface area contributed by atoms with Crippen molar-refractivity contribution < 1.29 is 4.79 Å². The fraction of sp³-hybridized carbons (Fsp3) is 0.0526. The Kier molecular flexibility index (Phi) is 3.97. The van der Waals surface area contributed by atoms with E-state index in [0.29, 0.717) is 5.56 Å². The van der Waals surface area contributed by atoms with Crippen LogP contribution in [0.3, 0.4) is 0 Å². The standard InChI is InChI=1S/C19H16N2O/c1-14-6-2-3-9-18(14)13-20-21-19(22)17-11-10-15-7-4-5-8-16(15)12-17/h2-13H,1H3,(H,21,22)/b20-13-. The smallest absolute Gasteiger partial charge is 0.267 e. The van der Waals surface area contributed by atoms with Gasteiger partial charge in [0, 0.05) is 5.56 Å². The van der Waals surface area contributed by atoms with Gasteiger partial charge in [-0.3, -0.25) is 4.79 Å². The molecule has 3 aromatic rings. The summed E-state index contributed by atoms with van der Waals surface area (Å²) in [6, 6.07) is 21.4. The summed E-state index contributed by atoms with van der Waals surface area (Å²) in [4.78, 5) is 12.1. The predicted octanol–water partition coefficient (Wildman–Crippen LogP) is 3.91. The van der Waals surface area contributed by atoms with Gasteiger partial charge < -0.3 is 0 Å². The highest BCUT2D eigenvalue weighted by atomic mass is 16.2. The highest BCUT2D eigenvalue weighted by Crippen LogP contribution is 2.15. The van der Waals surface area contributed by atoms with Gasteiger partial charge >= 0.3 is 0 Å². The lowest BCUT2D eigenvalue weighted by Crippen LogP contribution is -2.17. The number of rotatable bonds is 3. The van der Waals surface area contributed by atoms with Gasteiger partial charge in [-0.25, -0.2) is 5.43 Å². The fourth-order valence-electron chi connectivity index (χ4n) is 2.29. The molecule has 3 rings (SSSR count). The molecule has 0 heterocycles. The number of aryl methyl sites for hydroxylation is 1. The number of hydrogen-bond donors (Lipinski definition) is 1. The van der Waals surface area contributed by atoms with Crippen molar-refractivity contribution in [1.29, 1.82) is 0 Å². The second-order valence-corrected chi connectivity index (χ2v) is 5.12. The Hall–Kier alpha value is -2.94. The van der Waals surface area contributed by atoms with E-state index in [1.54, 1.807) is 12.3 Å². The number of carbonyl (C=O) groups excluding carboxylic acids is 1. The van der Waals surface area contributed by atoms with Crippen molar-refractivity contribution in [2.24, 2.45) is 5.10 Å². The maximum Gasteiger partial charge on any atom is 0.271 e. The molecule has 0 aliphatic rings. The Bertz CT molecular complexity index is 853. The van der Waals surface area contributed by atoms with Crippen molar-refractivity contribution in [3.05, 3.63) is 83.4 Å². The van der Waals surface area contributed by atoms with Crippen LogP contribution >= 0.6 is 0 Å². The average molecular weight is 288 g/mol. The quantitative estimate of drug-likeness (QED) is 0.576. The zero-order valence-electron chi connectivity index (χ0n) is 12.3. The molecule has 0 aliphatic heterocycles. The molecule has 3 heteroatoms. The van der Waals surface area contributed by atoms with Crippen LogP contribution in [-0.4, -0.2) is 12.1 Å². The fourth-order valence-corrected chi connectivity index (χ4v) is 2.29. The van der Waals surface area contributed by atoms with E-state index in [-0.39, 0.29) is 5.91 Å². The maximum atomic E-state index is 12.1. The van der Waals surface area contributed by atoms with E-state index in [2.05, 4.69) is 10.5 Å². The topological polar surface area (TPSA) is 41.5 Å². The molecule has 0 bridgehead atoms. The summed E-state index contributed by atoms with van der Waals surface area (Å²) in [5.74, 6) is -0.212. The first kappa shape index (κ1) is 14.0. The highest BCUT2D eigenvalue weighted by Gasteiger charge is 2.04. The number of benzene rings is 3. The minimum absolute atomic E-state index is 0.212. The SMILES string of the molecule is Cc1ccccc1/C=N\NC(=O)c1ccc2ccccc2c1. The average Bonchev–Trinajstić information content (AvgIpc) is 2.56. The maximum absolute atomic E-state index is 12.1. The molecular formula is C19H16N2O. The Morgan fingerprint density at radius 2 is 1.68 bits per heavy atom. The summed E-state index contributed by atoms with van der Waals surface area (Å²) in [6.45, 7) is 2.01. The van der Waals surface area contributed by atoms with Crippen molar-refractivity contribution in [3.63, 3.8) is 0 Å². The van der Waals surface area contributed by atoms with Crippen molar-refractivity contribution in [1.82, 2.24) is 5.43 Å². The van der Waals surface area contributed by atoms with Crippen molar-refractivity contribution in [3.8, 4) is 0 Å². The summed E-state index contributed by atoms with van der Waals surface area (Å²) in [6.07, 6.45) is 1.66. The second kappa shape index (κ2) is 6.22. The van der Waals surface area contributed by atoms with E-state index in [0.717, 1.165) is 21.9 Å². The van der Waals surface area contributed by atoms with Crippen LogP contribution in [0.4, 0.5) is 0 Å². The summed E-state index contributed by atoms with van der Waals surface area (Å²) in [5, 5.41) is 6.19. The zero-order valence-corrected chi connectivity index (χ0v) is 12.3. The van der Waals surface area contributed by atoms with Gasteiger partial charge in [0.1, 0.15) is 0 Å². The number of nitrogens with zero attached hydrogens (tertiary/aromatic N) is 1. The largest absolute Gasteiger partial charge is 0.271 e. The third-order valence-corrected chi connectivity index (χ3v) is 3.57. The van der Waals surface area contributed by atoms with E-state index in [1.165, 1.54) is 0 Å². The molecule has 0 aliphatic carbocycles. The molecule has 0 aromatic heterocycles. The molecule has 3 nitrogen and oxygen atoms in total. The van der Waals surface area contributed by atoms with Gasteiger partial charge in [0.25, 0.3) is 5.91 Å². The molecule has 22 heavy (non-hydrogen) atoms. The minimum atomic E-state index is -0.212. The molecule has 3 aromatic carbocycles. The molecule has 0 fully saturated rings. The Morgan fingerprint density at radius 3 is 2.50 bits per heavy atom. The van der Waals surface area contributed by atoms with Crippen LogP contribution in [0, 0.1) is 6.92 Å². The van der Waals surface area contributed by atoms with Gasteiger partial charge in [-0.15, -0.1) is 0 Å². The third kappa shape index (κ3) is 3.04. The summed E-state index contributed by atoms with van der Waals surface area (Å²) >= 11 is 0. The van der Waals surface area contributed by atoms with E-state index in [9.17, 15) is 4.79 Å². The van der Waals surface area contributed by atoms with Crippen molar-refractivity contribution >= 4 is 22.9 Å². The summed E-state index contributed by atoms with van der Waals surface area (Å²) < 4.78 is 0. The first-order valence-corrected chi connectivity index (χ1v) is 7.12. The zero-order chi connectivity index (χ0) is 15.4. The summed E-state index contributed by atoms with van der Waals surface area (Å²) in [5.41, 5.74) is 5.27. The van der Waals surface area contributed by atoms with Gasteiger partial charge in [-0.2, -0.15) is 5.10 Å². The molecule has 0 saturated heterocycles. The summed E-state index contributed by atoms with van der Waals surface area (Å²) in [7, 11) is 0. The number of carbonyl (C=O) groups is 1. The van der Waals surface area contributed by atoms with Gasteiger partial charge in [0.2, 0.25) is 0 Å². The molecule has 0 radical (unpaired) electrons. The number of amides is 1. The molecule has 0 spiro atoms. The number of nitrogens with one attached hydrogen (secondary N) is 1. The third-order valence-electron chi connectivity index (χ3n) is 3.57. The molecule has 1 N–H and O–H groups in total. The van der Waals surface area contributed by atoms with E-state index >= 15 is 0 Å². The first-order valence-electron chi connectivity index (χ1n) is 7.12. The van der Waals surface area contributed by atoms with Crippen LogP contribution in [0.2, 0.25) is 0 Å². The highest BCUT2D eigenvalue weighted by molar-refractivity contribution is 5.99. The van der Waals surface area contributed by atoms with E-state index in [4.69, 9.17) is 0 Å². The van der Waals surface area contributed by atoms with Crippen molar-refractivity contribution in [2.75, 3.05) is 0 Å². The number of hydrazone groups is 1. The number of fused-ring (bicyclic) bond motifs is 1. The second-order valence-electron chi connectivity index (χ2n) is 5.12. The Labute approximate surface area is 129 Å². The Morgan fingerprint density at radius 1 is 0.955 bits per heavy atom. The molecule has 0 saturated carbocycles. The van der Waals surface area contributed by atoms with Crippen LogP contribution in [0.5, 0.6) is 0 Å². The van der Waals surface area contributed by atoms with Crippen LogP contribution in [0.15, 0.2) is 71.8 Å². The normalized spacial score (nSPS) is 11.0. The molecule has 1 amide bonds. The van der Waals surface area contributed by atoms with Crippen LogP contribution in [-0.2, 0) is 0 Å². The Balaban J connectivity index is 1.74. The van der Waals surface area contributed by atoms with Gasteiger partial charge in [0.05, 0.1) is 6.21 Å². The predicted molar refractivity (Wildman–Crippen MR) is 90.2 cm³/mol. The van der Waals surface area contributed by atoms with E-state index in [1.807, 2.05) is 67.6 Å². The van der Waals surface area contributed by atoms with Crippen LogP contribution in [0.1, 0.15) is 21.5 Å². The lowest BCUT2D eigenvalue weighted by molar-refractivity contribution is 0.0955. The van der Waals surface area contributed by atoms with Crippen molar-refractivity contribution in [2.45, 2.75) is 6.92 Å².